The van der Waals surface area contributed by atoms with Crippen molar-refractivity contribution in [3.8, 4) is 0 Å². The Hall–Kier alpha value is 0.310. The number of thioether (sulfide) groups is 1. The minimum absolute atomic E-state index is 0.259. The molecule has 2 heteroatoms. The fourth-order valence-electron chi connectivity index (χ4n) is 2.79. The summed E-state index contributed by atoms with van der Waals surface area (Å²) in [6, 6.07) is 0. The summed E-state index contributed by atoms with van der Waals surface area (Å²) in [5, 5.41) is 10.2. The summed E-state index contributed by atoms with van der Waals surface area (Å²) in [6.45, 7) is 0. The predicted octanol–water partition coefficient (Wildman–Crippen LogP) is 3.21. The van der Waals surface area contributed by atoms with Crippen LogP contribution in [0.1, 0.15) is 51.4 Å². The number of hydrogen-bond donors (Lipinski definition) is 1. The van der Waals surface area contributed by atoms with Gasteiger partial charge in [0.05, 0.1) is 5.60 Å². The van der Waals surface area contributed by atoms with Crippen LogP contribution in [0.15, 0.2) is 0 Å². The minimum Gasteiger partial charge on any atom is -0.390 e. The molecule has 1 aliphatic heterocycles. The van der Waals surface area contributed by atoms with Gasteiger partial charge >= 0.3 is 0 Å². The van der Waals surface area contributed by atoms with Gasteiger partial charge in [-0.15, -0.1) is 0 Å². The fraction of sp³-hybridized carbons (Fsp3) is 1.00. The molecule has 0 aromatic rings. The average Bonchev–Trinajstić information content (AvgIpc) is 2.65. The van der Waals surface area contributed by atoms with Gasteiger partial charge in [-0.3, -0.25) is 0 Å². The first kappa shape index (κ1) is 10.8. The molecule has 1 saturated heterocycles. The molecular formula is C12H22OS. The molecule has 0 unspecified atom stereocenters. The van der Waals surface area contributed by atoms with Gasteiger partial charge in [0.2, 0.25) is 0 Å². The lowest BCUT2D eigenvalue weighted by molar-refractivity contribution is 0.0319. The summed E-state index contributed by atoms with van der Waals surface area (Å²) in [7, 11) is 0. The smallest absolute Gasteiger partial charge is 0.0648 e. The number of aliphatic hydroxyl groups is 1. The lowest BCUT2D eigenvalue weighted by Crippen LogP contribution is -2.25. The van der Waals surface area contributed by atoms with E-state index in [0.29, 0.717) is 0 Å². The van der Waals surface area contributed by atoms with Crippen LogP contribution in [-0.2, 0) is 0 Å². The van der Waals surface area contributed by atoms with Gasteiger partial charge in [0, 0.05) is 0 Å². The van der Waals surface area contributed by atoms with Crippen LogP contribution in [0.3, 0.4) is 0 Å². The van der Waals surface area contributed by atoms with Crippen LogP contribution in [0, 0.1) is 5.92 Å². The maximum atomic E-state index is 10.2. The summed E-state index contributed by atoms with van der Waals surface area (Å²) in [5.41, 5.74) is -0.259. The van der Waals surface area contributed by atoms with Crippen molar-refractivity contribution >= 4 is 11.8 Å². The van der Waals surface area contributed by atoms with Crippen molar-refractivity contribution in [2.24, 2.45) is 5.92 Å². The van der Waals surface area contributed by atoms with Crippen molar-refractivity contribution < 1.29 is 5.11 Å². The van der Waals surface area contributed by atoms with Crippen molar-refractivity contribution in [1.29, 1.82) is 0 Å². The van der Waals surface area contributed by atoms with Gasteiger partial charge in [-0.25, -0.2) is 0 Å². The van der Waals surface area contributed by atoms with E-state index in [4.69, 9.17) is 0 Å². The topological polar surface area (TPSA) is 20.2 Å². The molecule has 1 nitrogen and oxygen atoms in total. The largest absolute Gasteiger partial charge is 0.390 e. The monoisotopic (exact) mass is 214 g/mol. The Labute approximate surface area is 91.7 Å². The number of rotatable bonds is 3. The van der Waals surface area contributed by atoms with Gasteiger partial charge in [-0.05, 0) is 55.9 Å². The normalized spacial score (nSPS) is 28.1. The Morgan fingerprint density at radius 2 is 1.79 bits per heavy atom. The highest BCUT2D eigenvalue weighted by atomic mass is 32.2. The first-order valence-corrected chi connectivity index (χ1v) is 7.24. The van der Waals surface area contributed by atoms with Gasteiger partial charge in [-0.2, -0.15) is 11.8 Å². The molecule has 2 fully saturated rings. The summed E-state index contributed by atoms with van der Waals surface area (Å²) >= 11 is 2.09. The Morgan fingerprint density at radius 1 is 1.14 bits per heavy atom. The van der Waals surface area contributed by atoms with Crippen molar-refractivity contribution in [3.05, 3.63) is 0 Å². The first-order valence-electron chi connectivity index (χ1n) is 6.09. The second kappa shape index (κ2) is 4.89. The van der Waals surface area contributed by atoms with E-state index in [9.17, 15) is 5.11 Å². The van der Waals surface area contributed by atoms with Gasteiger partial charge in [0.1, 0.15) is 0 Å². The Kier molecular flexibility index (Phi) is 3.78. The molecule has 0 spiro atoms. The zero-order valence-electron chi connectivity index (χ0n) is 9.00. The molecule has 1 aliphatic carbocycles. The lowest BCUT2D eigenvalue weighted by Gasteiger charge is -2.27. The summed E-state index contributed by atoms with van der Waals surface area (Å²) in [6.07, 6.45) is 9.75. The average molecular weight is 214 g/mol. The Morgan fingerprint density at radius 3 is 2.43 bits per heavy atom. The molecule has 0 amide bonds. The lowest BCUT2D eigenvalue weighted by atomic mass is 9.88. The molecule has 1 heterocycles. The molecule has 0 bridgehead atoms. The summed E-state index contributed by atoms with van der Waals surface area (Å²) in [4.78, 5) is 0. The highest BCUT2D eigenvalue weighted by Crippen LogP contribution is 2.36. The molecule has 0 aromatic carbocycles. The standard InChI is InChI=1S/C12H22OS/c13-12(6-1-2-7-12)8-3-11-4-9-14-10-5-11/h11,13H,1-10H2. The molecule has 2 aliphatic rings. The Balaban J connectivity index is 1.70. The third kappa shape index (κ3) is 2.90. The van der Waals surface area contributed by atoms with Crippen LogP contribution in [0.4, 0.5) is 0 Å². The Bertz CT molecular complexity index is 169. The molecule has 0 atom stereocenters. The second-order valence-electron chi connectivity index (χ2n) is 5.03. The predicted molar refractivity (Wildman–Crippen MR) is 62.7 cm³/mol. The molecular weight excluding hydrogens is 192 g/mol. The summed E-state index contributed by atoms with van der Waals surface area (Å²) < 4.78 is 0. The zero-order chi connectivity index (χ0) is 9.86. The van der Waals surface area contributed by atoms with Crippen LogP contribution in [-0.4, -0.2) is 22.2 Å². The summed E-state index contributed by atoms with van der Waals surface area (Å²) in [5.74, 6) is 3.62. The van der Waals surface area contributed by atoms with Crippen molar-refractivity contribution in [2.75, 3.05) is 11.5 Å². The van der Waals surface area contributed by atoms with Crippen molar-refractivity contribution in [2.45, 2.75) is 57.0 Å². The quantitative estimate of drug-likeness (QED) is 0.778. The van der Waals surface area contributed by atoms with E-state index >= 15 is 0 Å². The first-order chi connectivity index (χ1) is 6.79. The van der Waals surface area contributed by atoms with Crippen LogP contribution in [0.2, 0.25) is 0 Å². The third-order valence-electron chi connectivity index (χ3n) is 3.89. The number of hydrogen-bond acceptors (Lipinski definition) is 2. The van der Waals surface area contributed by atoms with Crippen molar-refractivity contribution in [3.63, 3.8) is 0 Å². The van der Waals surface area contributed by atoms with E-state index in [1.807, 2.05) is 0 Å². The zero-order valence-corrected chi connectivity index (χ0v) is 9.82. The minimum atomic E-state index is -0.259. The molecule has 0 radical (unpaired) electrons. The van der Waals surface area contributed by atoms with Crippen LogP contribution in [0.25, 0.3) is 0 Å². The van der Waals surface area contributed by atoms with Gasteiger partial charge in [0.25, 0.3) is 0 Å². The molecule has 14 heavy (non-hydrogen) atoms. The van der Waals surface area contributed by atoms with Gasteiger partial charge in [0.15, 0.2) is 0 Å². The van der Waals surface area contributed by atoms with Crippen LogP contribution < -0.4 is 0 Å². The molecule has 0 aromatic heterocycles. The van der Waals surface area contributed by atoms with Gasteiger partial charge in [-0.1, -0.05) is 12.8 Å². The molecule has 2 rings (SSSR count). The van der Waals surface area contributed by atoms with E-state index in [-0.39, 0.29) is 5.60 Å². The van der Waals surface area contributed by atoms with Gasteiger partial charge < -0.3 is 5.11 Å². The van der Waals surface area contributed by atoms with E-state index in [1.165, 1.54) is 43.6 Å². The second-order valence-corrected chi connectivity index (χ2v) is 6.25. The fourth-order valence-corrected chi connectivity index (χ4v) is 4.00. The van der Waals surface area contributed by atoms with Crippen LogP contribution >= 0.6 is 11.8 Å². The maximum Gasteiger partial charge on any atom is 0.0648 e. The van der Waals surface area contributed by atoms with E-state index in [2.05, 4.69) is 11.8 Å². The molecule has 1 saturated carbocycles. The highest BCUT2D eigenvalue weighted by Gasteiger charge is 2.31. The molecule has 82 valence electrons. The van der Waals surface area contributed by atoms with E-state index in [1.54, 1.807) is 0 Å². The van der Waals surface area contributed by atoms with E-state index in [0.717, 1.165) is 25.2 Å². The maximum absolute atomic E-state index is 10.2. The highest BCUT2D eigenvalue weighted by molar-refractivity contribution is 7.99. The SMILES string of the molecule is OC1(CCC2CCSCC2)CCCC1. The third-order valence-corrected chi connectivity index (χ3v) is 4.94. The molecule has 1 N–H and O–H groups in total. The van der Waals surface area contributed by atoms with Crippen LogP contribution in [0.5, 0.6) is 0 Å². The van der Waals surface area contributed by atoms with Crippen molar-refractivity contribution in [1.82, 2.24) is 0 Å². The van der Waals surface area contributed by atoms with E-state index < -0.39 is 0 Å².